The molecular formula is C18H34N2O3. The molecule has 0 aromatic rings. The second kappa shape index (κ2) is 8.67. The third kappa shape index (κ3) is 6.13. The topological polar surface area (TPSA) is 92.4 Å². The molecule has 1 fully saturated rings. The van der Waals surface area contributed by atoms with E-state index >= 15 is 0 Å². The zero-order valence-corrected chi connectivity index (χ0v) is 15.1. The van der Waals surface area contributed by atoms with E-state index in [1.54, 1.807) is 0 Å². The highest BCUT2D eigenvalue weighted by atomic mass is 16.4. The summed E-state index contributed by atoms with van der Waals surface area (Å²) in [6, 6.07) is -0.981. The summed E-state index contributed by atoms with van der Waals surface area (Å²) in [6.07, 6.45) is 6.80. The van der Waals surface area contributed by atoms with Crippen LogP contribution in [-0.2, 0) is 9.59 Å². The van der Waals surface area contributed by atoms with Gasteiger partial charge in [-0.05, 0) is 57.3 Å². The molecule has 1 saturated carbocycles. The first kappa shape index (κ1) is 19.9. The lowest BCUT2D eigenvalue weighted by atomic mass is 9.80. The van der Waals surface area contributed by atoms with Gasteiger partial charge in [-0.3, -0.25) is 9.59 Å². The number of amides is 1. The lowest BCUT2D eigenvalue weighted by Crippen LogP contribution is -2.51. The van der Waals surface area contributed by atoms with E-state index in [1.165, 1.54) is 25.7 Å². The molecule has 23 heavy (non-hydrogen) atoms. The van der Waals surface area contributed by atoms with Crippen LogP contribution in [0.1, 0.15) is 72.6 Å². The normalized spacial score (nSPS) is 26.0. The molecule has 0 saturated heterocycles. The van der Waals surface area contributed by atoms with Crippen LogP contribution in [0.15, 0.2) is 0 Å². The van der Waals surface area contributed by atoms with Crippen LogP contribution >= 0.6 is 0 Å². The number of carbonyl (C=O) groups excluding carboxylic acids is 1. The summed E-state index contributed by atoms with van der Waals surface area (Å²) in [7, 11) is 0. The number of nitrogens with one attached hydrogen (secondary N) is 1. The van der Waals surface area contributed by atoms with Crippen molar-refractivity contribution < 1.29 is 14.7 Å². The summed E-state index contributed by atoms with van der Waals surface area (Å²) in [5, 5.41) is 11.7. The maximum Gasteiger partial charge on any atom is 0.305 e. The third-order valence-electron chi connectivity index (χ3n) is 5.46. The minimum atomic E-state index is -1.05. The molecule has 1 aliphatic rings. The number of carbonyl (C=O) groups is 2. The minimum Gasteiger partial charge on any atom is -0.481 e. The summed E-state index contributed by atoms with van der Waals surface area (Å²) < 4.78 is 0. The first-order valence-corrected chi connectivity index (χ1v) is 8.99. The highest BCUT2D eigenvalue weighted by Crippen LogP contribution is 2.43. The quantitative estimate of drug-likeness (QED) is 0.607. The Bertz CT molecular complexity index is 397. The molecule has 0 spiro atoms. The van der Waals surface area contributed by atoms with Crippen molar-refractivity contribution in [1.82, 2.24) is 5.32 Å². The molecular weight excluding hydrogens is 292 g/mol. The van der Waals surface area contributed by atoms with E-state index in [0.29, 0.717) is 0 Å². The van der Waals surface area contributed by atoms with Crippen molar-refractivity contribution in [1.29, 1.82) is 0 Å². The number of hydrogen-bond acceptors (Lipinski definition) is 3. The molecule has 0 radical (unpaired) electrons. The fourth-order valence-corrected chi connectivity index (χ4v) is 4.02. The van der Waals surface area contributed by atoms with Gasteiger partial charge in [0.25, 0.3) is 0 Å². The molecule has 3 atom stereocenters. The van der Waals surface area contributed by atoms with Gasteiger partial charge < -0.3 is 16.2 Å². The lowest BCUT2D eigenvalue weighted by molar-refractivity contribution is -0.139. The van der Waals surface area contributed by atoms with Gasteiger partial charge in [0.15, 0.2) is 0 Å². The molecule has 4 N–H and O–H groups in total. The standard InChI is InChI=1S/C18H34N2O3/c1-5-12-7-8-13(6-2)14(12)9-10-18(3,4)20-17(23)15(19)11-16(21)22/h12-15H,5-11,19H2,1-4H3,(H,20,23)(H,21,22)/t12?,13?,14?,15-/m0/s1. The van der Waals surface area contributed by atoms with Crippen molar-refractivity contribution in [3.63, 3.8) is 0 Å². The fraction of sp³-hybridized carbons (Fsp3) is 0.889. The smallest absolute Gasteiger partial charge is 0.305 e. The van der Waals surface area contributed by atoms with Crippen LogP contribution in [0.2, 0.25) is 0 Å². The monoisotopic (exact) mass is 326 g/mol. The predicted octanol–water partition coefficient (Wildman–Crippen LogP) is 2.93. The highest BCUT2D eigenvalue weighted by Gasteiger charge is 2.35. The van der Waals surface area contributed by atoms with E-state index in [4.69, 9.17) is 10.8 Å². The highest BCUT2D eigenvalue weighted by molar-refractivity contribution is 5.86. The number of nitrogens with two attached hydrogens (primary N) is 1. The van der Waals surface area contributed by atoms with Crippen molar-refractivity contribution in [2.75, 3.05) is 0 Å². The molecule has 0 aliphatic heterocycles. The first-order valence-electron chi connectivity index (χ1n) is 8.99. The van der Waals surface area contributed by atoms with Crippen LogP contribution < -0.4 is 11.1 Å². The number of carboxylic acid groups (broad SMARTS) is 1. The third-order valence-corrected chi connectivity index (χ3v) is 5.46. The van der Waals surface area contributed by atoms with Gasteiger partial charge >= 0.3 is 5.97 Å². The van der Waals surface area contributed by atoms with E-state index in [2.05, 4.69) is 19.2 Å². The molecule has 1 amide bonds. The summed E-state index contributed by atoms with van der Waals surface area (Å²) in [5.41, 5.74) is 5.28. The van der Waals surface area contributed by atoms with Gasteiger partial charge in [-0.25, -0.2) is 0 Å². The Morgan fingerprint density at radius 2 is 1.74 bits per heavy atom. The van der Waals surface area contributed by atoms with Crippen molar-refractivity contribution in [2.45, 2.75) is 84.2 Å². The van der Waals surface area contributed by atoms with Crippen molar-refractivity contribution in [3.8, 4) is 0 Å². The molecule has 0 heterocycles. The van der Waals surface area contributed by atoms with Gasteiger partial charge in [0.2, 0.25) is 5.91 Å². The number of hydrogen-bond donors (Lipinski definition) is 3. The van der Waals surface area contributed by atoms with Gasteiger partial charge in [0.1, 0.15) is 0 Å². The zero-order chi connectivity index (χ0) is 17.6. The SMILES string of the molecule is CCC1CCC(CC)C1CCC(C)(C)NC(=O)[C@@H](N)CC(=O)O. The van der Waals surface area contributed by atoms with E-state index in [0.717, 1.165) is 30.6 Å². The van der Waals surface area contributed by atoms with Gasteiger partial charge in [-0.1, -0.05) is 26.7 Å². The molecule has 5 nitrogen and oxygen atoms in total. The number of carboxylic acids is 1. The van der Waals surface area contributed by atoms with Crippen molar-refractivity contribution in [2.24, 2.45) is 23.5 Å². The largest absolute Gasteiger partial charge is 0.481 e. The van der Waals surface area contributed by atoms with Crippen LogP contribution in [0.3, 0.4) is 0 Å². The number of rotatable bonds is 9. The minimum absolute atomic E-state index is 0.333. The molecule has 1 rings (SSSR count). The van der Waals surface area contributed by atoms with Gasteiger partial charge in [-0.2, -0.15) is 0 Å². The number of aliphatic carboxylic acids is 1. The maximum absolute atomic E-state index is 12.0. The summed E-state index contributed by atoms with van der Waals surface area (Å²) in [4.78, 5) is 22.7. The van der Waals surface area contributed by atoms with Gasteiger partial charge in [0, 0.05) is 5.54 Å². The van der Waals surface area contributed by atoms with Crippen LogP contribution in [0.25, 0.3) is 0 Å². The average molecular weight is 326 g/mol. The molecule has 0 bridgehead atoms. The zero-order valence-electron chi connectivity index (χ0n) is 15.1. The van der Waals surface area contributed by atoms with E-state index < -0.39 is 12.0 Å². The van der Waals surface area contributed by atoms with Crippen LogP contribution in [0.4, 0.5) is 0 Å². The van der Waals surface area contributed by atoms with Crippen molar-refractivity contribution >= 4 is 11.9 Å². The Hall–Kier alpha value is -1.10. The predicted molar refractivity (Wildman–Crippen MR) is 92.0 cm³/mol. The fourth-order valence-electron chi connectivity index (χ4n) is 4.02. The van der Waals surface area contributed by atoms with Crippen LogP contribution in [0.5, 0.6) is 0 Å². The summed E-state index contributed by atoms with van der Waals surface area (Å²) >= 11 is 0. The second-order valence-corrected chi connectivity index (χ2v) is 7.69. The van der Waals surface area contributed by atoms with Crippen molar-refractivity contribution in [3.05, 3.63) is 0 Å². The maximum atomic E-state index is 12.0. The molecule has 2 unspecified atom stereocenters. The average Bonchev–Trinajstić information content (AvgIpc) is 2.86. The molecule has 5 heteroatoms. The Labute approximate surface area is 140 Å². The molecule has 134 valence electrons. The lowest BCUT2D eigenvalue weighted by Gasteiger charge is -2.31. The van der Waals surface area contributed by atoms with E-state index in [1.807, 2.05) is 13.8 Å². The Morgan fingerprint density at radius 3 is 2.17 bits per heavy atom. The molecule has 0 aromatic carbocycles. The Kier molecular flexibility index (Phi) is 7.52. The van der Waals surface area contributed by atoms with Crippen LogP contribution in [-0.4, -0.2) is 28.6 Å². The summed E-state index contributed by atoms with van der Waals surface area (Å²) in [5.74, 6) is 0.936. The van der Waals surface area contributed by atoms with E-state index in [-0.39, 0.29) is 17.9 Å². The summed E-state index contributed by atoms with van der Waals surface area (Å²) in [6.45, 7) is 8.53. The first-order chi connectivity index (χ1) is 10.7. The van der Waals surface area contributed by atoms with E-state index in [9.17, 15) is 9.59 Å². The van der Waals surface area contributed by atoms with Gasteiger partial charge in [-0.15, -0.1) is 0 Å². The van der Waals surface area contributed by atoms with Crippen LogP contribution in [0, 0.1) is 17.8 Å². The Morgan fingerprint density at radius 1 is 1.22 bits per heavy atom. The molecule has 1 aliphatic carbocycles. The second-order valence-electron chi connectivity index (χ2n) is 7.69. The van der Waals surface area contributed by atoms with Gasteiger partial charge in [0.05, 0.1) is 12.5 Å². The molecule has 0 aromatic heterocycles. The Balaban J connectivity index is 2.53.